The number of nitrogens with one attached hydrogen (secondary N) is 1. The molecule has 0 fully saturated rings. The molecule has 0 unspecified atom stereocenters. The van der Waals surface area contributed by atoms with E-state index in [9.17, 15) is 0 Å². The molecule has 0 radical (unpaired) electrons. The van der Waals surface area contributed by atoms with Crippen molar-refractivity contribution in [2.75, 3.05) is 0 Å². The lowest BCUT2D eigenvalue weighted by Crippen LogP contribution is -1.78. The predicted octanol–water partition coefficient (Wildman–Crippen LogP) is 4.24. The summed E-state index contributed by atoms with van der Waals surface area (Å²) in [5, 5.41) is 1.17. The number of hydrogen-bond acceptors (Lipinski definition) is 2. The molecule has 0 atom stereocenters. The highest BCUT2D eigenvalue weighted by Crippen LogP contribution is 2.35. The number of nitrogens with zero attached hydrogens (tertiary/aromatic N) is 1. The molecule has 0 aliphatic heterocycles. The van der Waals surface area contributed by atoms with Gasteiger partial charge in [0, 0.05) is 33.1 Å². The summed E-state index contributed by atoms with van der Waals surface area (Å²) in [6.45, 7) is 5.96. The second-order valence-corrected chi connectivity index (χ2v) is 5.04. The van der Waals surface area contributed by atoms with E-state index in [1.807, 2.05) is 18.5 Å². The van der Waals surface area contributed by atoms with Crippen molar-refractivity contribution < 1.29 is 0 Å². The van der Waals surface area contributed by atoms with Gasteiger partial charge in [-0.05, 0) is 30.7 Å². The molecule has 2 nitrogen and oxygen atoms in total. The van der Waals surface area contributed by atoms with E-state index in [-0.39, 0.29) is 0 Å². The van der Waals surface area contributed by atoms with Crippen LogP contribution in [0.1, 0.15) is 10.4 Å². The fourth-order valence-corrected chi connectivity index (χ4v) is 3.07. The van der Waals surface area contributed by atoms with E-state index >= 15 is 0 Å². The summed E-state index contributed by atoms with van der Waals surface area (Å²) < 4.78 is 0. The fourth-order valence-electron chi connectivity index (χ4n) is 2.01. The van der Waals surface area contributed by atoms with Gasteiger partial charge in [0.1, 0.15) is 5.65 Å². The molecule has 0 amide bonds. The molecule has 3 aromatic rings. The normalized spacial score (nSPS) is 10.9. The Morgan fingerprint density at radius 2 is 2.29 bits per heavy atom. The lowest BCUT2D eigenvalue weighted by molar-refractivity contribution is 1.33. The van der Waals surface area contributed by atoms with Crippen molar-refractivity contribution in [3.63, 3.8) is 0 Å². The maximum atomic E-state index is 4.31. The summed E-state index contributed by atoms with van der Waals surface area (Å²) in [4.78, 5) is 9.95. The molecule has 0 aromatic carbocycles. The SMILES string of the molecule is C=Cc1sc(-c2ccnc3[nH]ccc23)cc1C. The Hall–Kier alpha value is -1.87. The van der Waals surface area contributed by atoms with Crippen molar-refractivity contribution in [3.8, 4) is 10.4 Å². The lowest BCUT2D eigenvalue weighted by atomic mass is 10.1. The largest absolute Gasteiger partial charge is 0.346 e. The first kappa shape index (κ1) is 10.3. The van der Waals surface area contributed by atoms with Crippen LogP contribution in [0.5, 0.6) is 0 Å². The Labute approximate surface area is 104 Å². The van der Waals surface area contributed by atoms with Gasteiger partial charge < -0.3 is 4.98 Å². The Morgan fingerprint density at radius 3 is 3.06 bits per heavy atom. The van der Waals surface area contributed by atoms with Crippen molar-refractivity contribution in [1.29, 1.82) is 0 Å². The summed E-state index contributed by atoms with van der Waals surface area (Å²) in [6.07, 6.45) is 5.69. The van der Waals surface area contributed by atoms with Gasteiger partial charge in [-0.2, -0.15) is 0 Å². The number of hydrogen-bond donors (Lipinski definition) is 1. The van der Waals surface area contributed by atoms with Gasteiger partial charge in [-0.25, -0.2) is 4.98 Å². The van der Waals surface area contributed by atoms with Gasteiger partial charge in [-0.1, -0.05) is 12.7 Å². The van der Waals surface area contributed by atoms with Crippen LogP contribution in [0.3, 0.4) is 0 Å². The number of thiophene rings is 1. The van der Waals surface area contributed by atoms with Crippen molar-refractivity contribution in [2.24, 2.45) is 0 Å². The second-order valence-electron chi connectivity index (χ2n) is 3.96. The smallest absolute Gasteiger partial charge is 0.137 e. The van der Waals surface area contributed by atoms with Crippen LogP contribution < -0.4 is 0 Å². The lowest BCUT2D eigenvalue weighted by Gasteiger charge is -1.98. The molecule has 0 aliphatic rings. The number of aromatic amines is 1. The minimum atomic E-state index is 0.939. The van der Waals surface area contributed by atoms with E-state index < -0.39 is 0 Å². The molecule has 3 aromatic heterocycles. The molecule has 0 spiro atoms. The Morgan fingerprint density at radius 1 is 1.41 bits per heavy atom. The van der Waals surface area contributed by atoms with Crippen molar-refractivity contribution >= 4 is 28.4 Å². The van der Waals surface area contributed by atoms with E-state index in [2.05, 4.69) is 41.7 Å². The molecular formula is C14H12N2S. The van der Waals surface area contributed by atoms with Crippen molar-refractivity contribution in [3.05, 3.63) is 47.6 Å². The van der Waals surface area contributed by atoms with Crippen molar-refractivity contribution in [1.82, 2.24) is 9.97 Å². The minimum absolute atomic E-state index is 0.939. The summed E-state index contributed by atoms with van der Waals surface area (Å²) in [7, 11) is 0. The molecule has 3 heteroatoms. The van der Waals surface area contributed by atoms with Crippen LogP contribution in [0.2, 0.25) is 0 Å². The Kier molecular flexibility index (Phi) is 2.34. The van der Waals surface area contributed by atoms with Crippen LogP contribution >= 0.6 is 11.3 Å². The average molecular weight is 240 g/mol. The average Bonchev–Trinajstić information content (AvgIpc) is 2.94. The standard InChI is InChI=1S/C14H12N2S/c1-3-12-9(2)8-13(17-12)10-4-6-15-14-11(10)5-7-16-14/h3-8H,1H2,2H3,(H,15,16). The zero-order valence-corrected chi connectivity index (χ0v) is 10.3. The zero-order valence-electron chi connectivity index (χ0n) is 9.53. The molecule has 3 rings (SSSR count). The molecule has 0 saturated carbocycles. The van der Waals surface area contributed by atoms with Crippen LogP contribution in [0.25, 0.3) is 27.6 Å². The quantitative estimate of drug-likeness (QED) is 0.713. The zero-order chi connectivity index (χ0) is 11.8. The molecule has 0 bridgehead atoms. The van der Waals surface area contributed by atoms with Gasteiger partial charge >= 0.3 is 0 Å². The van der Waals surface area contributed by atoms with Crippen LogP contribution in [0, 0.1) is 6.92 Å². The third-order valence-electron chi connectivity index (χ3n) is 2.87. The Balaban J connectivity index is 2.26. The monoisotopic (exact) mass is 240 g/mol. The predicted molar refractivity (Wildman–Crippen MR) is 74.2 cm³/mol. The molecule has 0 saturated heterocycles. The van der Waals surface area contributed by atoms with E-state index in [1.54, 1.807) is 11.3 Å². The highest BCUT2D eigenvalue weighted by Gasteiger charge is 2.09. The van der Waals surface area contributed by atoms with E-state index in [4.69, 9.17) is 0 Å². The maximum absolute atomic E-state index is 4.31. The molecule has 0 aliphatic carbocycles. The van der Waals surface area contributed by atoms with Gasteiger partial charge in [-0.3, -0.25) is 0 Å². The summed E-state index contributed by atoms with van der Waals surface area (Å²) in [5.74, 6) is 0. The van der Waals surface area contributed by atoms with Gasteiger partial charge in [0.15, 0.2) is 0 Å². The van der Waals surface area contributed by atoms with Crippen LogP contribution in [-0.2, 0) is 0 Å². The molecule has 17 heavy (non-hydrogen) atoms. The number of H-pyrrole nitrogens is 1. The highest BCUT2D eigenvalue weighted by atomic mass is 32.1. The van der Waals surface area contributed by atoms with Gasteiger partial charge in [0.2, 0.25) is 0 Å². The number of fused-ring (bicyclic) bond motifs is 1. The van der Waals surface area contributed by atoms with E-state index in [1.165, 1.54) is 26.3 Å². The van der Waals surface area contributed by atoms with Gasteiger partial charge in [-0.15, -0.1) is 11.3 Å². The minimum Gasteiger partial charge on any atom is -0.346 e. The molecule has 3 heterocycles. The van der Waals surface area contributed by atoms with E-state index in [0.717, 1.165) is 5.65 Å². The summed E-state index contributed by atoms with van der Waals surface area (Å²) in [6, 6.07) is 6.35. The first-order chi connectivity index (χ1) is 8.29. The third kappa shape index (κ3) is 1.59. The van der Waals surface area contributed by atoms with Crippen molar-refractivity contribution in [2.45, 2.75) is 6.92 Å². The van der Waals surface area contributed by atoms with Crippen LogP contribution in [0.15, 0.2) is 37.2 Å². The van der Waals surface area contributed by atoms with E-state index in [0.29, 0.717) is 0 Å². The van der Waals surface area contributed by atoms with Gasteiger partial charge in [0.25, 0.3) is 0 Å². The first-order valence-corrected chi connectivity index (χ1v) is 6.26. The summed E-state index contributed by atoms with van der Waals surface area (Å²) >= 11 is 1.77. The number of pyridine rings is 1. The van der Waals surface area contributed by atoms with Crippen LogP contribution in [0.4, 0.5) is 0 Å². The highest BCUT2D eigenvalue weighted by molar-refractivity contribution is 7.16. The fraction of sp³-hybridized carbons (Fsp3) is 0.0714. The molecule has 1 N–H and O–H groups in total. The third-order valence-corrected chi connectivity index (χ3v) is 4.13. The first-order valence-electron chi connectivity index (χ1n) is 5.45. The Bertz CT molecular complexity index is 691. The van der Waals surface area contributed by atoms with Crippen LogP contribution in [-0.4, -0.2) is 9.97 Å². The topological polar surface area (TPSA) is 28.7 Å². The number of aromatic nitrogens is 2. The second kappa shape index (κ2) is 3.86. The molecule has 84 valence electrons. The number of aryl methyl sites for hydroxylation is 1. The summed E-state index contributed by atoms with van der Waals surface area (Å²) in [5.41, 5.74) is 3.45. The maximum Gasteiger partial charge on any atom is 0.137 e. The van der Waals surface area contributed by atoms with Gasteiger partial charge in [0.05, 0.1) is 0 Å². The molecular weight excluding hydrogens is 228 g/mol. The number of rotatable bonds is 2.